The molecule has 1 aliphatic heterocycles. The molecule has 1 heterocycles. The minimum atomic E-state index is -0.468. The normalized spacial score (nSPS) is 20.4. The molecular weight excluding hydrogens is 289 g/mol. The summed E-state index contributed by atoms with van der Waals surface area (Å²) >= 11 is 3.16. The summed E-state index contributed by atoms with van der Waals surface area (Å²) in [7, 11) is 0. The second kappa shape index (κ2) is 5.14. The van der Waals surface area contributed by atoms with Crippen LogP contribution < -0.4 is 0 Å². The van der Waals surface area contributed by atoms with Gasteiger partial charge in [-0.25, -0.2) is 4.39 Å². The molecule has 0 radical (unpaired) electrons. The first-order valence-corrected chi connectivity index (χ1v) is 6.29. The zero-order valence-corrected chi connectivity index (χ0v) is 10.8. The summed E-state index contributed by atoms with van der Waals surface area (Å²) in [6.07, 6.45) is 1.03. The molecule has 1 amide bonds. The Morgan fingerprint density at radius 2 is 2.24 bits per heavy atom. The van der Waals surface area contributed by atoms with Crippen molar-refractivity contribution in [1.82, 2.24) is 4.90 Å². The van der Waals surface area contributed by atoms with Gasteiger partial charge in [-0.1, -0.05) is 15.9 Å². The number of benzene rings is 1. The molecule has 92 valence electrons. The third kappa shape index (κ3) is 3.04. The molecule has 0 spiro atoms. The zero-order valence-electron chi connectivity index (χ0n) is 9.20. The van der Waals surface area contributed by atoms with Crippen LogP contribution in [0, 0.1) is 5.82 Å². The molecule has 2 rings (SSSR count). The molecule has 1 aliphatic rings. The quantitative estimate of drug-likeness (QED) is 0.864. The van der Waals surface area contributed by atoms with E-state index in [1.54, 1.807) is 11.0 Å². The number of nitrogens with zero attached hydrogens (tertiary/aromatic N) is 1. The van der Waals surface area contributed by atoms with Crippen molar-refractivity contribution in [2.75, 3.05) is 13.1 Å². The van der Waals surface area contributed by atoms with Gasteiger partial charge in [-0.05, 0) is 31.0 Å². The smallest absolute Gasteiger partial charge is 0.254 e. The van der Waals surface area contributed by atoms with E-state index in [-0.39, 0.29) is 5.91 Å². The largest absolute Gasteiger partial charge is 0.391 e. The fourth-order valence-electron chi connectivity index (χ4n) is 2.00. The first kappa shape index (κ1) is 12.5. The number of likely N-dealkylation sites (tertiary alicyclic amines) is 1. The molecule has 0 aromatic heterocycles. The molecule has 1 N–H and O–H groups in total. The van der Waals surface area contributed by atoms with Gasteiger partial charge in [-0.15, -0.1) is 0 Å². The Kier molecular flexibility index (Phi) is 3.79. The minimum absolute atomic E-state index is 0.232. The lowest BCUT2D eigenvalue weighted by Gasteiger charge is -2.30. The zero-order chi connectivity index (χ0) is 12.4. The molecule has 1 atom stereocenters. The summed E-state index contributed by atoms with van der Waals surface area (Å²) in [4.78, 5) is 13.6. The van der Waals surface area contributed by atoms with Crippen LogP contribution in [0.1, 0.15) is 23.2 Å². The van der Waals surface area contributed by atoms with E-state index in [1.165, 1.54) is 12.1 Å². The Morgan fingerprint density at radius 1 is 1.47 bits per heavy atom. The van der Waals surface area contributed by atoms with Crippen molar-refractivity contribution in [3.8, 4) is 0 Å². The van der Waals surface area contributed by atoms with Crippen LogP contribution in [0.2, 0.25) is 0 Å². The number of aliphatic hydroxyl groups is 1. The van der Waals surface area contributed by atoms with Gasteiger partial charge in [0.1, 0.15) is 5.82 Å². The Morgan fingerprint density at radius 3 is 2.88 bits per heavy atom. The van der Waals surface area contributed by atoms with Crippen molar-refractivity contribution in [3.05, 3.63) is 34.1 Å². The lowest BCUT2D eigenvalue weighted by atomic mass is 10.1. The Labute approximate surface area is 107 Å². The molecule has 1 fully saturated rings. The highest BCUT2D eigenvalue weighted by molar-refractivity contribution is 9.10. The highest BCUT2D eigenvalue weighted by Gasteiger charge is 2.23. The Balaban J connectivity index is 2.18. The first-order chi connectivity index (χ1) is 8.06. The topological polar surface area (TPSA) is 40.5 Å². The second-order valence-electron chi connectivity index (χ2n) is 4.21. The molecule has 0 saturated carbocycles. The fraction of sp³-hybridized carbons (Fsp3) is 0.417. The van der Waals surface area contributed by atoms with Crippen LogP contribution in [0.5, 0.6) is 0 Å². The summed E-state index contributed by atoms with van der Waals surface area (Å²) < 4.78 is 13.7. The van der Waals surface area contributed by atoms with Crippen molar-refractivity contribution < 1.29 is 14.3 Å². The Hall–Kier alpha value is -0.940. The van der Waals surface area contributed by atoms with Crippen molar-refractivity contribution >= 4 is 21.8 Å². The van der Waals surface area contributed by atoms with Gasteiger partial charge >= 0.3 is 0 Å². The Bertz CT molecular complexity index is 418. The second-order valence-corrected chi connectivity index (χ2v) is 5.12. The minimum Gasteiger partial charge on any atom is -0.391 e. The predicted molar refractivity (Wildman–Crippen MR) is 65.2 cm³/mol. The molecule has 1 saturated heterocycles. The molecular formula is C12H13BrFNO2. The van der Waals surface area contributed by atoms with Crippen LogP contribution in [0.4, 0.5) is 4.39 Å². The van der Waals surface area contributed by atoms with Gasteiger partial charge in [0.05, 0.1) is 6.10 Å². The predicted octanol–water partition coefficient (Wildman–Crippen LogP) is 2.19. The van der Waals surface area contributed by atoms with Gasteiger partial charge in [-0.3, -0.25) is 4.79 Å². The molecule has 1 aromatic carbocycles. The lowest BCUT2D eigenvalue weighted by molar-refractivity contribution is 0.0473. The molecule has 0 bridgehead atoms. The molecule has 0 aliphatic carbocycles. The van der Waals surface area contributed by atoms with Gasteiger partial charge in [0.2, 0.25) is 0 Å². The van der Waals surface area contributed by atoms with E-state index in [2.05, 4.69) is 15.9 Å². The van der Waals surface area contributed by atoms with Crippen molar-refractivity contribution in [2.24, 2.45) is 0 Å². The number of aliphatic hydroxyl groups excluding tert-OH is 1. The number of carbonyl (C=O) groups is 1. The van der Waals surface area contributed by atoms with Crippen LogP contribution in [0.3, 0.4) is 0 Å². The maximum absolute atomic E-state index is 13.2. The van der Waals surface area contributed by atoms with Crippen molar-refractivity contribution in [2.45, 2.75) is 18.9 Å². The van der Waals surface area contributed by atoms with E-state index in [9.17, 15) is 14.3 Å². The summed E-state index contributed by atoms with van der Waals surface area (Å²) in [5.74, 6) is -0.677. The third-order valence-corrected chi connectivity index (χ3v) is 3.25. The first-order valence-electron chi connectivity index (χ1n) is 5.49. The average Bonchev–Trinajstić information content (AvgIpc) is 2.26. The molecule has 17 heavy (non-hydrogen) atoms. The van der Waals surface area contributed by atoms with Gasteiger partial charge in [-0.2, -0.15) is 0 Å². The monoisotopic (exact) mass is 301 g/mol. The van der Waals surface area contributed by atoms with E-state index in [4.69, 9.17) is 0 Å². The van der Waals surface area contributed by atoms with E-state index >= 15 is 0 Å². The van der Waals surface area contributed by atoms with Crippen LogP contribution in [-0.2, 0) is 0 Å². The number of amides is 1. The average molecular weight is 302 g/mol. The van der Waals surface area contributed by atoms with Crippen molar-refractivity contribution in [3.63, 3.8) is 0 Å². The van der Waals surface area contributed by atoms with Gasteiger partial charge < -0.3 is 10.0 Å². The van der Waals surface area contributed by atoms with E-state index in [0.717, 1.165) is 12.8 Å². The van der Waals surface area contributed by atoms with Crippen molar-refractivity contribution in [1.29, 1.82) is 0 Å². The molecule has 5 heteroatoms. The standard InChI is InChI=1S/C12H13BrFNO2/c13-9-4-8(5-10(14)6-9)12(17)15-3-1-2-11(16)7-15/h4-6,11,16H,1-3,7H2/t11-/m0/s1. The summed E-state index contributed by atoms with van der Waals surface area (Å²) in [6.45, 7) is 0.941. The number of hydrogen-bond donors (Lipinski definition) is 1. The number of rotatable bonds is 1. The van der Waals surface area contributed by atoms with Gasteiger partial charge in [0.25, 0.3) is 5.91 Å². The van der Waals surface area contributed by atoms with E-state index in [1.807, 2.05) is 0 Å². The molecule has 1 aromatic rings. The maximum atomic E-state index is 13.2. The summed E-state index contributed by atoms with van der Waals surface area (Å²) in [6, 6.07) is 4.11. The van der Waals surface area contributed by atoms with Crippen LogP contribution in [0.25, 0.3) is 0 Å². The lowest BCUT2D eigenvalue weighted by Crippen LogP contribution is -2.42. The molecule has 3 nitrogen and oxygen atoms in total. The molecule has 0 unspecified atom stereocenters. The fourth-order valence-corrected chi connectivity index (χ4v) is 2.46. The third-order valence-electron chi connectivity index (χ3n) is 2.79. The number of hydrogen-bond acceptors (Lipinski definition) is 2. The van der Waals surface area contributed by atoms with Crippen LogP contribution in [0.15, 0.2) is 22.7 Å². The number of piperidine rings is 1. The van der Waals surface area contributed by atoms with Gasteiger partial charge in [0.15, 0.2) is 0 Å². The number of halogens is 2. The maximum Gasteiger partial charge on any atom is 0.254 e. The van der Waals surface area contributed by atoms with E-state index < -0.39 is 11.9 Å². The van der Waals surface area contributed by atoms with Gasteiger partial charge in [0, 0.05) is 23.1 Å². The highest BCUT2D eigenvalue weighted by Crippen LogP contribution is 2.18. The summed E-state index contributed by atoms with van der Waals surface area (Å²) in [5, 5.41) is 9.51. The number of β-amino-alcohol motifs (C(OH)–C–C–N with tert-alkyl or cyclic N) is 1. The number of carbonyl (C=O) groups excluding carboxylic acids is 1. The highest BCUT2D eigenvalue weighted by atomic mass is 79.9. The SMILES string of the molecule is O=C(c1cc(F)cc(Br)c1)N1CCC[C@H](O)C1. The van der Waals surface area contributed by atoms with E-state index in [0.29, 0.717) is 23.1 Å². The summed E-state index contributed by atoms with van der Waals surface area (Å²) in [5.41, 5.74) is 0.311. The van der Waals surface area contributed by atoms with Crippen LogP contribution >= 0.6 is 15.9 Å². The van der Waals surface area contributed by atoms with Crippen LogP contribution in [-0.4, -0.2) is 35.1 Å².